The van der Waals surface area contributed by atoms with Crippen LogP contribution in [0.15, 0.2) is 23.0 Å². The van der Waals surface area contributed by atoms with Crippen molar-refractivity contribution in [1.82, 2.24) is 0 Å². The lowest BCUT2D eigenvalue weighted by Gasteiger charge is -2.41. The number of hydrogen-bond acceptors (Lipinski definition) is 0. The molecule has 32 heavy (non-hydrogen) atoms. The van der Waals surface area contributed by atoms with Crippen LogP contribution in [0.5, 0.6) is 0 Å². The summed E-state index contributed by atoms with van der Waals surface area (Å²) in [4.78, 5) is 0. The molecule has 0 saturated heterocycles. The van der Waals surface area contributed by atoms with E-state index in [9.17, 15) is 0 Å². The highest BCUT2D eigenvalue weighted by atomic mass is 31.1. The van der Waals surface area contributed by atoms with Crippen LogP contribution in [0.1, 0.15) is 135 Å². The highest BCUT2D eigenvalue weighted by Gasteiger charge is 2.37. The zero-order valence-corrected chi connectivity index (χ0v) is 22.7. The molecule has 0 aliphatic heterocycles. The molecule has 2 heteroatoms. The number of allylic oxidation sites excluding steroid dienone is 4. The molecule has 0 amide bonds. The third kappa shape index (κ3) is 5.93. The molecule has 4 saturated carbocycles. The maximum Gasteiger partial charge on any atom is -0.00650 e. The summed E-state index contributed by atoms with van der Waals surface area (Å²) in [6.07, 6.45) is 39.1. The molecule has 4 fully saturated rings. The average Bonchev–Trinajstić information content (AvgIpc) is 3.33. The van der Waals surface area contributed by atoms with Gasteiger partial charge in [-0.3, -0.25) is 0 Å². The molecule has 0 unspecified atom stereocenters. The van der Waals surface area contributed by atoms with Gasteiger partial charge in [0.25, 0.3) is 0 Å². The van der Waals surface area contributed by atoms with Gasteiger partial charge in [-0.1, -0.05) is 105 Å². The maximum atomic E-state index is 2.68. The molecule has 0 atom stereocenters. The highest BCUT2D eigenvalue weighted by Crippen LogP contribution is 2.65. The first-order chi connectivity index (χ1) is 15.9. The minimum absolute atomic E-state index is 0.125. The van der Waals surface area contributed by atoms with Crippen molar-refractivity contribution in [2.24, 2.45) is 0 Å². The van der Waals surface area contributed by atoms with Gasteiger partial charge in [0.05, 0.1) is 0 Å². The predicted octanol–water partition coefficient (Wildman–Crippen LogP) is 10.5. The topological polar surface area (TPSA) is 0 Å². The van der Waals surface area contributed by atoms with Crippen LogP contribution in [0.3, 0.4) is 0 Å². The Bertz CT molecular complexity index is 589. The minimum atomic E-state index is 0.125. The highest BCUT2D eigenvalue weighted by molar-refractivity contribution is 7.64. The fourth-order valence-corrected chi connectivity index (χ4v) is 16.1. The molecule has 0 N–H and O–H groups in total. The van der Waals surface area contributed by atoms with Crippen LogP contribution in [-0.2, 0) is 0 Å². The SMILES string of the molecule is C1=CC(CP(C2CCCCC2)C2CCCCC2)=C(P(C2CCCCC2)C2CCCCC2)C1. The largest absolute Gasteiger partial charge is 0.0958 e. The quantitative estimate of drug-likeness (QED) is 0.323. The molecule has 5 rings (SSSR count). The molecule has 0 bridgehead atoms. The molecule has 0 aromatic carbocycles. The van der Waals surface area contributed by atoms with Crippen LogP contribution >= 0.6 is 15.8 Å². The molecule has 180 valence electrons. The van der Waals surface area contributed by atoms with Crippen molar-refractivity contribution >= 4 is 15.8 Å². The van der Waals surface area contributed by atoms with Crippen molar-refractivity contribution < 1.29 is 0 Å². The van der Waals surface area contributed by atoms with Gasteiger partial charge in [-0.05, 0) is 97.5 Å². The van der Waals surface area contributed by atoms with E-state index in [2.05, 4.69) is 17.5 Å². The summed E-state index contributed by atoms with van der Waals surface area (Å²) >= 11 is 0. The Hall–Kier alpha value is 0.340. The summed E-state index contributed by atoms with van der Waals surface area (Å²) in [7, 11) is 0.332. The van der Waals surface area contributed by atoms with Crippen LogP contribution in [0.25, 0.3) is 0 Å². The van der Waals surface area contributed by atoms with E-state index in [0.29, 0.717) is 0 Å². The summed E-state index contributed by atoms with van der Waals surface area (Å²) in [6, 6.07) is 0. The molecular weight excluding hydrogens is 422 g/mol. The maximum absolute atomic E-state index is 2.68. The van der Waals surface area contributed by atoms with Crippen LogP contribution in [0.2, 0.25) is 0 Å². The predicted molar refractivity (Wildman–Crippen MR) is 147 cm³/mol. The van der Waals surface area contributed by atoms with E-state index in [1.54, 1.807) is 51.4 Å². The molecule has 0 spiro atoms. The summed E-state index contributed by atoms with van der Waals surface area (Å²) < 4.78 is 0. The Labute approximate surface area is 202 Å². The van der Waals surface area contributed by atoms with E-state index in [4.69, 9.17) is 0 Å². The van der Waals surface area contributed by atoms with Crippen molar-refractivity contribution in [3.05, 3.63) is 23.0 Å². The van der Waals surface area contributed by atoms with Crippen LogP contribution in [0.4, 0.5) is 0 Å². The van der Waals surface area contributed by atoms with E-state index in [-0.39, 0.29) is 15.8 Å². The van der Waals surface area contributed by atoms with Gasteiger partial charge in [-0.2, -0.15) is 0 Å². The van der Waals surface area contributed by atoms with Crippen LogP contribution in [-0.4, -0.2) is 28.8 Å². The molecule has 0 heterocycles. The van der Waals surface area contributed by atoms with E-state index in [1.165, 1.54) is 89.6 Å². The van der Waals surface area contributed by atoms with Gasteiger partial charge in [0.1, 0.15) is 0 Å². The lowest BCUT2D eigenvalue weighted by molar-refractivity contribution is 0.484. The molecule has 0 radical (unpaired) electrons. The second-order valence-corrected chi connectivity index (χ2v) is 17.4. The summed E-state index contributed by atoms with van der Waals surface area (Å²) in [5, 5.41) is 2.05. The molecule has 0 nitrogen and oxygen atoms in total. The Balaban J connectivity index is 1.40. The van der Waals surface area contributed by atoms with Crippen molar-refractivity contribution in [3.8, 4) is 0 Å². The Kier molecular flexibility index (Phi) is 9.28. The Morgan fingerprint density at radius 1 is 0.531 bits per heavy atom. The van der Waals surface area contributed by atoms with Gasteiger partial charge in [-0.25, -0.2) is 0 Å². The second kappa shape index (κ2) is 12.3. The lowest BCUT2D eigenvalue weighted by Crippen LogP contribution is -2.23. The monoisotopic (exact) mass is 472 g/mol. The van der Waals surface area contributed by atoms with Gasteiger partial charge in [-0.15, -0.1) is 0 Å². The third-order valence-electron chi connectivity index (χ3n) is 9.69. The summed E-state index contributed by atoms with van der Waals surface area (Å²) in [6.45, 7) is 0. The summed E-state index contributed by atoms with van der Waals surface area (Å²) in [5.41, 5.74) is 6.32. The zero-order chi connectivity index (χ0) is 21.6. The smallest absolute Gasteiger partial charge is 0.00650 e. The van der Waals surface area contributed by atoms with Crippen LogP contribution < -0.4 is 0 Å². The van der Waals surface area contributed by atoms with Gasteiger partial charge >= 0.3 is 0 Å². The first kappa shape index (κ1) is 24.1. The van der Waals surface area contributed by atoms with Gasteiger partial charge in [0.15, 0.2) is 0 Å². The van der Waals surface area contributed by atoms with Gasteiger partial charge < -0.3 is 0 Å². The zero-order valence-electron chi connectivity index (χ0n) is 20.9. The van der Waals surface area contributed by atoms with E-state index in [0.717, 1.165) is 22.6 Å². The van der Waals surface area contributed by atoms with Crippen molar-refractivity contribution in [2.75, 3.05) is 6.16 Å². The van der Waals surface area contributed by atoms with Crippen molar-refractivity contribution in [3.63, 3.8) is 0 Å². The van der Waals surface area contributed by atoms with E-state index >= 15 is 0 Å². The molecule has 5 aliphatic rings. The summed E-state index contributed by atoms with van der Waals surface area (Å²) in [5.74, 6) is 0. The van der Waals surface area contributed by atoms with Crippen molar-refractivity contribution in [1.29, 1.82) is 0 Å². The van der Waals surface area contributed by atoms with Gasteiger partial charge in [0, 0.05) is 0 Å². The van der Waals surface area contributed by atoms with Crippen molar-refractivity contribution in [2.45, 2.75) is 157 Å². The fourth-order valence-electron chi connectivity index (χ4n) is 7.99. The Morgan fingerprint density at radius 2 is 0.938 bits per heavy atom. The number of hydrogen-bond donors (Lipinski definition) is 0. The molecule has 0 aromatic heterocycles. The average molecular weight is 473 g/mol. The molecular formula is C30H50P2. The standard InChI is InChI=1S/C30H50P2/c1-5-15-26(16-6-1)31(27-17-7-2-8-18-27)24-25-14-13-23-30(25)32(28-19-9-3-10-20-28)29-21-11-4-12-22-29/h13-14,26-29H,1-12,15-24H2. The van der Waals surface area contributed by atoms with Gasteiger partial charge in [0.2, 0.25) is 0 Å². The first-order valence-corrected chi connectivity index (χ1v) is 18.0. The van der Waals surface area contributed by atoms with Crippen LogP contribution in [0, 0.1) is 0 Å². The Morgan fingerprint density at radius 3 is 1.38 bits per heavy atom. The van der Waals surface area contributed by atoms with E-state index in [1.807, 2.05) is 5.57 Å². The number of rotatable bonds is 7. The fraction of sp³-hybridized carbons (Fsp3) is 0.867. The third-order valence-corrected chi connectivity index (χ3v) is 17.0. The second-order valence-electron chi connectivity index (χ2n) is 11.8. The van der Waals surface area contributed by atoms with E-state index < -0.39 is 0 Å². The normalized spacial score (nSPS) is 27.8. The minimum Gasteiger partial charge on any atom is -0.0958 e. The molecule has 5 aliphatic carbocycles. The first-order valence-electron chi connectivity index (χ1n) is 14.8. The lowest BCUT2D eigenvalue weighted by atomic mass is 9.99. The molecule has 0 aromatic rings.